The average molecular weight is 369 g/mol. The third-order valence-corrected chi connectivity index (χ3v) is 5.57. The molecular weight excluding hydrogens is 346 g/mol. The van der Waals surface area contributed by atoms with E-state index in [1.165, 1.54) is 0 Å². The van der Waals surface area contributed by atoms with Crippen LogP contribution in [-0.2, 0) is 16.1 Å². The van der Waals surface area contributed by atoms with Crippen molar-refractivity contribution in [2.45, 2.75) is 50.4 Å². The zero-order valence-corrected chi connectivity index (χ0v) is 15.0. The van der Waals surface area contributed by atoms with Gasteiger partial charge in [-0.2, -0.15) is 5.10 Å². The van der Waals surface area contributed by atoms with Gasteiger partial charge in [0.05, 0.1) is 18.9 Å². The molecule has 8 heteroatoms. The van der Waals surface area contributed by atoms with Crippen molar-refractivity contribution in [2.24, 2.45) is 5.92 Å². The molecule has 3 aliphatic rings. The van der Waals surface area contributed by atoms with Crippen LogP contribution in [0.1, 0.15) is 43.0 Å². The Hall–Kier alpha value is -2.61. The molecule has 2 aromatic rings. The quantitative estimate of drug-likeness (QED) is 0.660. The summed E-state index contributed by atoms with van der Waals surface area (Å²) >= 11 is 0. The lowest BCUT2D eigenvalue weighted by Crippen LogP contribution is -2.31. The van der Waals surface area contributed by atoms with Gasteiger partial charge in [-0.3, -0.25) is 5.10 Å². The van der Waals surface area contributed by atoms with Crippen LogP contribution in [0, 0.1) is 5.92 Å². The van der Waals surface area contributed by atoms with E-state index in [0.717, 1.165) is 48.7 Å². The minimum atomic E-state index is -0.310. The van der Waals surface area contributed by atoms with Gasteiger partial charge >= 0.3 is 6.09 Å². The normalized spacial score (nSPS) is 30.1. The molecule has 27 heavy (non-hydrogen) atoms. The second kappa shape index (κ2) is 6.84. The molecule has 0 radical (unpaired) electrons. The van der Waals surface area contributed by atoms with Gasteiger partial charge in [-0.25, -0.2) is 9.78 Å². The minimum Gasteiger partial charge on any atom is -0.446 e. The van der Waals surface area contributed by atoms with E-state index in [4.69, 9.17) is 9.47 Å². The number of carbonyl (C=O) groups excluding carboxylic acids is 1. The van der Waals surface area contributed by atoms with E-state index in [0.29, 0.717) is 25.0 Å². The molecule has 6 bridgehead atoms. The zero-order valence-electron chi connectivity index (χ0n) is 15.0. The molecule has 1 aliphatic heterocycles. The fourth-order valence-corrected chi connectivity index (χ4v) is 3.96. The highest BCUT2D eigenvalue weighted by Gasteiger charge is 2.39. The highest BCUT2D eigenvalue weighted by atomic mass is 16.6. The summed E-state index contributed by atoms with van der Waals surface area (Å²) in [6.45, 7) is 1.05. The zero-order chi connectivity index (χ0) is 18.2. The number of alkyl carbamates (subject to hydrolysis) is 1. The molecule has 0 aromatic carbocycles. The second-order valence-electron chi connectivity index (χ2n) is 7.65. The third-order valence-electron chi connectivity index (χ3n) is 5.57. The molecule has 3 heterocycles. The van der Waals surface area contributed by atoms with Crippen LogP contribution < -0.4 is 10.6 Å². The van der Waals surface area contributed by atoms with Gasteiger partial charge in [0, 0.05) is 29.6 Å². The van der Waals surface area contributed by atoms with Crippen LogP contribution in [0.2, 0.25) is 0 Å². The number of anilines is 2. The summed E-state index contributed by atoms with van der Waals surface area (Å²) in [4.78, 5) is 16.7. The van der Waals surface area contributed by atoms with E-state index in [-0.39, 0.29) is 18.2 Å². The number of H-pyrrole nitrogens is 1. The Morgan fingerprint density at radius 3 is 3.07 bits per heavy atom. The van der Waals surface area contributed by atoms with Crippen molar-refractivity contribution in [1.29, 1.82) is 0 Å². The fraction of sp³-hybridized carbons (Fsp3) is 0.526. The van der Waals surface area contributed by atoms with Gasteiger partial charge in [-0.15, -0.1) is 0 Å². The molecule has 2 aromatic heterocycles. The number of rotatable bonds is 0. The van der Waals surface area contributed by atoms with E-state index in [1.807, 2.05) is 24.3 Å². The van der Waals surface area contributed by atoms with Crippen LogP contribution in [-0.4, -0.2) is 40.0 Å². The molecule has 1 amide bonds. The summed E-state index contributed by atoms with van der Waals surface area (Å²) in [6.07, 6.45) is 3.26. The van der Waals surface area contributed by atoms with Crippen molar-refractivity contribution in [3.05, 3.63) is 35.7 Å². The molecule has 3 N–H and O–H groups in total. The average Bonchev–Trinajstić information content (AvgIpc) is 3.03. The van der Waals surface area contributed by atoms with Crippen LogP contribution in [0.25, 0.3) is 0 Å². The van der Waals surface area contributed by atoms with Crippen LogP contribution in [0.5, 0.6) is 0 Å². The molecular formula is C19H23N5O3. The molecule has 142 valence electrons. The Balaban J connectivity index is 1.36. The maximum atomic E-state index is 12.1. The van der Waals surface area contributed by atoms with Crippen molar-refractivity contribution in [3.63, 3.8) is 0 Å². The number of ether oxygens (including phenoxy) is 2. The fourth-order valence-electron chi connectivity index (χ4n) is 3.96. The first-order chi connectivity index (χ1) is 13.2. The number of amides is 1. The van der Waals surface area contributed by atoms with Crippen LogP contribution >= 0.6 is 0 Å². The second-order valence-corrected chi connectivity index (χ2v) is 7.65. The molecule has 2 fully saturated rings. The Labute approximate surface area is 157 Å². The summed E-state index contributed by atoms with van der Waals surface area (Å²) in [7, 11) is 0. The van der Waals surface area contributed by atoms with E-state index >= 15 is 0 Å². The first-order valence-corrected chi connectivity index (χ1v) is 9.56. The van der Waals surface area contributed by atoms with Gasteiger partial charge in [-0.1, -0.05) is 6.07 Å². The lowest BCUT2D eigenvalue weighted by Gasteiger charge is -2.13. The molecule has 5 rings (SSSR count). The summed E-state index contributed by atoms with van der Waals surface area (Å²) in [5.74, 6) is 2.17. The summed E-state index contributed by atoms with van der Waals surface area (Å²) < 4.78 is 11.4. The highest BCUT2D eigenvalue weighted by Crippen LogP contribution is 2.36. The lowest BCUT2D eigenvalue weighted by molar-refractivity contribution is 0.0941. The Morgan fingerprint density at radius 1 is 1.15 bits per heavy atom. The number of hydrogen-bond acceptors (Lipinski definition) is 6. The van der Waals surface area contributed by atoms with Crippen molar-refractivity contribution in [1.82, 2.24) is 20.5 Å². The van der Waals surface area contributed by atoms with Gasteiger partial charge < -0.3 is 20.1 Å². The van der Waals surface area contributed by atoms with Gasteiger partial charge in [0.15, 0.2) is 5.82 Å². The number of aromatic nitrogens is 3. The van der Waals surface area contributed by atoms with Crippen molar-refractivity contribution >= 4 is 17.7 Å². The molecule has 4 atom stereocenters. The van der Waals surface area contributed by atoms with Crippen molar-refractivity contribution in [3.8, 4) is 0 Å². The van der Waals surface area contributed by atoms with Crippen molar-refractivity contribution < 1.29 is 14.3 Å². The smallest absolute Gasteiger partial charge is 0.407 e. The monoisotopic (exact) mass is 369 g/mol. The number of nitrogens with zero attached hydrogens (tertiary/aromatic N) is 2. The molecule has 2 saturated carbocycles. The van der Waals surface area contributed by atoms with Gasteiger partial charge in [-0.05, 0) is 37.8 Å². The van der Waals surface area contributed by atoms with E-state index in [9.17, 15) is 4.79 Å². The molecule has 8 nitrogen and oxygen atoms in total. The van der Waals surface area contributed by atoms with Crippen LogP contribution in [0.15, 0.2) is 24.3 Å². The number of fused-ring (bicyclic) bond motifs is 8. The van der Waals surface area contributed by atoms with Crippen LogP contribution in [0.4, 0.5) is 16.4 Å². The topological polar surface area (TPSA) is 101 Å². The molecule has 0 saturated heterocycles. The Bertz CT molecular complexity index is 838. The lowest BCUT2D eigenvalue weighted by atomic mass is 10.0. The number of hydrogen-bond donors (Lipinski definition) is 3. The standard InChI is InChI=1S/C19H23N5O3/c25-19-21-15-7-12(15)9-26-10-13-2-1-3-17(20-13)22-18-8-16(23-24-18)11-4-5-14(6-11)27-19/h1-3,8,11-12,14-15H,4-7,9-10H2,(H,21,25)(H2,20,22,23,24)/t11?,12-,14+,15+/m0/s1. The molecule has 2 aliphatic carbocycles. The number of carbonyl (C=O) groups is 1. The third kappa shape index (κ3) is 3.75. The van der Waals surface area contributed by atoms with E-state index in [1.54, 1.807) is 0 Å². The number of pyridine rings is 1. The van der Waals surface area contributed by atoms with Gasteiger partial charge in [0.1, 0.15) is 11.9 Å². The Morgan fingerprint density at radius 2 is 2.11 bits per heavy atom. The maximum absolute atomic E-state index is 12.1. The molecule has 0 spiro atoms. The number of aromatic amines is 1. The van der Waals surface area contributed by atoms with Gasteiger partial charge in [0.25, 0.3) is 0 Å². The highest BCUT2D eigenvalue weighted by molar-refractivity contribution is 5.68. The SMILES string of the molecule is O=C1N[C@@H]2C[C@H]2COCc2cccc(n2)Nc2cc([nH]n2)C2CC[C@H](C2)O1. The summed E-state index contributed by atoms with van der Waals surface area (Å²) in [6, 6.07) is 7.99. The van der Waals surface area contributed by atoms with Gasteiger partial charge in [0.2, 0.25) is 0 Å². The first kappa shape index (κ1) is 16.6. The largest absolute Gasteiger partial charge is 0.446 e. The summed E-state index contributed by atoms with van der Waals surface area (Å²) in [5, 5.41) is 13.7. The predicted molar refractivity (Wildman–Crippen MR) is 97.7 cm³/mol. The maximum Gasteiger partial charge on any atom is 0.407 e. The Kier molecular flexibility index (Phi) is 4.20. The van der Waals surface area contributed by atoms with E-state index < -0.39 is 0 Å². The minimum absolute atomic E-state index is 0.0413. The van der Waals surface area contributed by atoms with Crippen molar-refractivity contribution in [2.75, 3.05) is 11.9 Å². The predicted octanol–water partition coefficient (Wildman–Crippen LogP) is 2.83. The van der Waals surface area contributed by atoms with Crippen LogP contribution in [0.3, 0.4) is 0 Å². The number of nitrogens with one attached hydrogen (secondary N) is 3. The molecule has 1 unspecified atom stereocenters. The van der Waals surface area contributed by atoms with E-state index in [2.05, 4.69) is 25.8 Å². The summed E-state index contributed by atoms with van der Waals surface area (Å²) in [5.41, 5.74) is 1.92. The first-order valence-electron chi connectivity index (χ1n) is 9.56.